The van der Waals surface area contributed by atoms with Gasteiger partial charge in [-0.2, -0.15) is 0 Å². The summed E-state index contributed by atoms with van der Waals surface area (Å²) in [7, 11) is -0.822. The predicted molar refractivity (Wildman–Crippen MR) is 83.7 cm³/mol. The van der Waals surface area contributed by atoms with Crippen molar-refractivity contribution in [2.24, 2.45) is 0 Å². The maximum atomic E-state index is 12.0. The summed E-state index contributed by atoms with van der Waals surface area (Å²) in [5.74, 6) is 0.657. The van der Waals surface area contributed by atoms with Crippen LogP contribution in [0.1, 0.15) is 35.4 Å². The molecule has 0 aromatic carbocycles. The summed E-state index contributed by atoms with van der Waals surface area (Å²) >= 11 is 1.29. The predicted octanol–water partition coefficient (Wildman–Crippen LogP) is 1.19. The van der Waals surface area contributed by atoms with E-state index in [4.69, 9.17) is 5.73 Å². The monoisotopic (exact) mass is 316 g/mol. The molecule has 0 aliphatic heterocycles. The van der Waals surface area contributed by atoms with Crippen LogP contribution >= 0.6 is 11.3 Å². The van der Waals surface area contributed by atoms with E-state index < -0.39 is 10.8 Å². The smallest absolute Gasteiger partial charge is 0.265 e. The third kappa shape index (κ3) is 4.17. The van der Waals surface area contributed by atoms with Crippen molar-refractivity contribution in [3.05, 3.63) is 4.88 Å². The Hall–Kier alpha value is -1.15. The van der Waals surface area contributed by atoms with Gasteiger partial charge in [-0.15, -0.1) is 0 Å². The molecule has 1 unspecified atom stereocenters. The van der Waals surface area contributed by atoms with Gasteiger partial charge >= 0.3 is 0 Å². The summed E-state index contributed by atoms with van der Waals surface area (Å²) in [5, 5.41) is 6.78. The second kappa shape index (κ2) is 7.03. The number of amides is 1. The molecule has 4 N–H and O–H groups in total. The van der Waals surface area contributed by atoms with Gasteiger partial charge in [0, 0.05) is 35.4 Å². The van der Waals surface area contributed by atoms with Crippen LogP contribution in [0.5, 0.6) is 0 Å². The van der Waals surface area contributed by atoms with Gasteiger partial charge < -0.3 is 16.4 Å². The lowest BCUT2D eigenvalue weighted by Crippen LogP contribution is -2.26. The molecule has 1 atom stereocenters. The first kappa shape index (κ1) is 15.2. The molecule has 112 valence electrons. The number of nitrogens with one attached hydrogen (secondary N) is 2. The zero-order chi connectivity index (χ0) is 14.5. The molecule has 1 heterocycles. The summed E-state index contributed by atoms with van der Waals surface area (Å²) < 4.78 is 10.9. The first-order valence-corrected chi connectivity index (χ1v) is 9.21. The van der Waals surface area contributed by atoms with Gasteiger partial charge in [0.15, 0.2) is 5.13 Å². The van der Waals surface area contributed by atoms with Crippen molar-refractivity contribution >= 4 is 39.0 Å². The maximum Gasteiger partial charge on any atom is 0.265 e. The largest absolute Gasteiger partial charge is 0.382 e. The van der Waals surface area contributed by atoms with E-state index in [2.05, 4.69) is 15.6 Å². The highest BCUT2D eigenvalue weighted by molar-refractivity contribution is 7.84. The molecule has 1 aliphatic carbocycles. The van der Waals surface area contributed by atoms with Crippen molar-refractivity contribution in [3.8, 4) is 0 Å². The molecule has 1 saturated carbocycles. The molecule has 0 saturated heterocycles. The first-order chi connectivity index (χ1) is 9.56. The van der Waals surface area contributed by atoms with Crippen LogP contribution in [0.3, 0.4) is 0 Å². The molecule has 1 aromatic heterocycles. The third-order valence-electron chi connectivity index (χ3n) is 3.19. The molecule has 20 heavy (non-hydrogen) atoms. The van der Waals surface area contributed by atoms with Crippen LogP contribution in [0.25, 0.3) is 0 Å². The van der Waals surface area contributed by atoms with Crippen molar-refractivity contribution in [2.45, 2.75) is 31.7 Å². The summed E-state index contributed by atoms with van der Waals surface area (Å²) in [6, 6.07) is 0.469. The van der Waals surface area contributed by atoms with Crippen LogP contribution in [0.2, 0.25) is 0 Å². The molecule has 1 fully saturated rings. The quantitative estimate of drug-likeness (QED) is 0.657. The molecule has 1 aromatic rings. The average molecular weight is 316 g/mol. The van der Waals surface area contributed by atoms with Gasteiger partial charge in [0.05, 0.1) is 0 Å². The van der Waals surface area contributed by atoms with E-state index >= 15 is 0 Å². The Morgan fingerprint density at radius 2 is 2.30 bits per heavy atom. The number of carbonyl (C=O) groups is 1. The number of aromatic nitrogens is 1. The molecule has 8 heteroatoms. The number of nitrogens with two attached hydrogens (primary N) is 1. The van der Waals surface area contributed by atoms with Crippen LogP contribution in [-0.2, 0) is 10.8 Å². The van der Waals surface area contributed by atoms with Gasteiger partial charge in [-0.1, -0.05) is 11.3 Å². The summed E-state index contributed by atoms with van der Waals surface area (Å²) in [4.78, 5) is 16.6. The van der Waals surface area contributed by atoms with Gasteiger partial charge in [-0.3, -0.25) is 9.00 Å². The second-order valence-corrected chi connectivity index (χ2v) is 7.45. The number of carbonyl (C=O) groups excluding carboxylic acids is 1. The number of thiazole rings is 1. The van der Waals surface area contributed by atoms with Gasteiger partial charge in [0.25, 0.3) is 5.91 Å². The molecule has 0 radical (unpaired) electrons. The van der Waals surface area contributed by atoms with Gasteiger partial charge in [-0.05, 0) is 25.7 Å². The second-order valence-electron chi connectivity index (χ2n) is 4.89. The Morgan fingerprint density at radius 1 is 1.55 bits per heavy atom. The number of hydrogen-bond donors (Lipinski definition) is 3. The van der Waals surface area contributed by atoms with Crippen molar-refractivity contribution < 1.29 is 9.00 Å². The van der Waals surface area contributed by atoms with E-state index in [0.29, 0.717) is 34.8 Å². The minimum absolute atomic E-state index is 0.205. The Kier molecular flexibility index (Phi) is 5.36. The van der Waals surface area contributed by atoms with Crippen molar-refractivity contribution in [3.63, 3.8) is 0 Å². The normalized spacial score (nSPS) is 16.4. The molecular weight excluding hydrogens is 296 g/mol. The summed E-state index contributed by atoms with van der Waals surface area (Å²) in [5.41, 5.74) is 5.78. The van der Waals surface area contributed by atoms with E-state index in [0.717, 1.165) is 12.8 Å². The van der Waals surface area contributed by atoms with Gasteiger partial charge in [0.2, 0.25) is 0 Å². The summed E-state index contributed by atoms with van der Waals surface area (Å²) in [6.45, 7) is 0.501. The molecular formula is C12H20N4O2S2. The minimum atomic E-state index is -0.822. The number of anilines is 2. The molecule has 0 bridgehead atoms. The van der Waals surface area contributed by atoms with Crippen molar-refractivity contribution in [2.75, 3.05) is 29.6 Å². The van der Waals surface area contributed by atoms with Crippen molar-refractivity contribution in [1.82, 2.24) is 10.3 Å². The number of rotatable bonds is 7. The highest BCUT2D eigenvalue weighted by Gasteiger charge is 2.21. The molecule has 1 aliphatic rings. The summed E-state index contributed by atoms with van der Waals surface area (Å²) in [6.07, 6.45) is 5.89. The number of nitrogen functional groups attached to an aromatic ring is 1. The fraction of sp³-hybridized carbons (Fsp3) is 0.667. The van der Waals surface area contributed by atoms with Gasteiger partial charge in [-0.25, -0.2) is 4.98 Å². The Labute approximate surface area is 125 Å². The average Bonchev–Trinajstić information content (AvgIpc) is 2.70. The third-order valence-corrected chi connectivity index (χ3v) is 5.05. The highest BCUT2D eigenvalue weighted by atomic mass is 32.2. The lowest BCUT2D eigenvalue weighted by atomic mass is 9.93. The van der Waals surface area contributed by atoms with E-state index in [-0.39, 0.29) is 11.7 Å². The van der Waals surface area contributed by atoms with E-state index in [1.165, 1.54) is 17.8 Å². The lowest BCUT2D eigenvalue weighted by molar-refractivity contribution is 0.0958. The zero-order valence-corrected chi connectivity index (χ0v) is 13.1. The van der Waals surface area contributed by atoms with E-state index in [1.54, 1.807) is 6.26 Å². The number of hydrogen-bond acceptors (Lipinski definition) is 6. The Bertz CT molecular complexity index is 500. The Balaban J connectivity index is 1.83. The van der Waals surface area contributed by atoms with Crippen LogP contribution in [0, 0.1) is 0 Å². The molecule has 2 rings (SSSR count). The maximum absolute atomic E-state index is 12.0. The van der Waals surface area contributed by atoms with Gasteiger partial charge in [0.1, 0.15) is 10.7 Å². The van der Waals surface area contributed by atoms with E-state index in [9.17, 15) is 9.00 Å². The zero-order valence-electron chi connectivity index (χ0n) is 11.5. The lowest BCUT2D eigenvalue weighted by Gasteiger charge is -2.25. The van der Waals surface area contributed by atoms with Crippen LogP contribution in [0.15, 0.2) is 0 Å². The van der Waals surface area contributed by atoms with E-state index in [1.807, 2.05) is 0 Å². The molecule has 6 nitrogen and oxygen atoms in total. The number of nitrogens with zero attached hydrogens (tertiary/aromatic N) is 1. The van der Waals surface area contributed by atoms with Crippen LogP contribution in [0.4, 0.5) is 10.9 Å². The van der Waals surface area contributed by atoms with Crippen LogP contribution < -0.4 is 16.4 Å². The fourth-order valence-electron chi connectivity index (χ4n) is 1.84. The molecule has 0 spiro atoms. The fourth-order valence-corrected chi connectivity index (χ4v) is 3.27. The SMILES string of the molecule is CS(=O)CCCNC(=O)c1sc(NC2CCC2)nc1N. The Morgan fingerprint density at radius 3 is 2.90 bits per heavy atom. The van der Waals surface area contributed by atoms with Crippen molar-refractivity contribution in [1.29, 1.82) is 0 Å². The molecule has 1 amide bonds. The minimum Gasteiger partial charge on any atom is -0.382 e. The highest BCUT2D eigenvalue weighted by Crippen LogP contribution is 2.29. The standard InChI is InChI=1S/C12H20N4O2S2/c1-20(18)7-3-6-14-11(17)9-10(13)16-12(19-9)15-8-4-2-5-8/h8H,2-7,13H2,1H3,(H,14,17)(H,15,16). The van der Waals surface area contributed by atoms with Crippen LogP contribution in [-0.4, -0.2) is 39.7 Å². The first-order valence-electron chi connectivity index (χ1n) is 6.67. The topological polar surface area (TPSA) is 97.1 Å².